The first kappa shape index (κ1) is 13.6. The van der Waals surface area contributed by atoms with Crippen molar-refractivity contribution in [3.05, 3.63) is 21.9 Å². The monoisotopic (exact) mass is 266 g/mol. The van der Waals surface area contributed by atoms with Gasteiger partial charge in [0.25, 0.3) is 5.91 Å². The number of carbonyl (C=O) groups excluding carboxylic acids is 1. The topological polar surface area (TPSA) is 41.1 Å². The minimum Gasteiger partial charge on any atom is -0.351 e. The lowest BCUT2D eigenvalue weighted by atomic mass is 9.81. The number of piperidine rings is 1. The van der Waals surface area contributed by atoms with Crippen LogP contribution in [0.5, 0.6) is 0 Å². The number of carbonyl (C=O) groups is 1. The van der Waals surface area contributed by atoms with Crippen molar-refractivity contribution in [2.45, 2.75) is 33.1 Å². The van der Waals surface area contributed by atoms with Gasteiger partial charge in [-0.1, -0.05) is 13.8 Å². The molecule has 100 valence electrons. The van der Waals surface area contributed by atoms with Crippen molar-refractivity contribution < 1.29 is 4.79 Å². The van der Waals surface area contributed by atoms with Gasteiger partial charge in [-0.3, -0.25) is 4.79 Å². The van der Waals surface area contributed by atoms with Gasteiger partial charge in [-0.05, 0) is 54.8 Å². The Bertz CT molecular complexity index is 408. The van der Waals surface area contributed by atoms with Gasteiger partial charge in [0.1, 0.15) is 0 Å². The van der Waals surface area contributed by atoms with Crippen LogP contribution in [0.25, 0.3) is 0 Å². The molecule has 1 saturated heterocycles. The van der Waals surface area contributed by atoms with Crippen LogP contribution in [0.3, 0.4) is 0 Å². The van der Waals surface area contributed by atoms with E-state index in [1.54, 1.807) is 11.3 Å². The molecule has 0 atom stereocenters. The lowest BCUT2D eigenvalue weighted by molar-refractivity contribution is 0.0925. The highest BCUT2D eigenvalue weighted by molar-refractivity contribution is 7.12. The zero-order valence-corrected chi connectivity index (χ0v) is 12.0. The third kappa shape index (κ3) is 3.12. The maximum Gasteiger partial charge on any atom is 0.261 e. The van der Waals surface area contributed by atoms with Crippen molar-refractivity contribution in [2.24, 2.45) is 5.41 Å². The molecule has 1 aliphatic rings. The molecular formula is C14H22N2OS. The summed E-state index contributed by atoms with van der Waals surface area (Å²) >= 11 is 1.54. The van der Waals surface area contributed by atoms with Crippen LogP contribution in [0.4, 0.5) is 0 Å². The normalized spacial score (nSPS) is 18.6. The van der Waals surface area contributed by atoms with E-state index >= 15 is 0 Å². The van der Waals surface area contributed by atoms with Gasteiger partial charge in [-0.25, -0.2) is 0 Å². The summed E-state index contributed by atoms with van der Waals surface area (Å²) in [6, 6.07) is 2.05. The highest BCUT2D eigenvalue weighted by Crippen LogP contribution is 2.27. The molecule has 0 radical (unpaired) electrons. The quantitative estimate of drug-likeness (QED) is 0.879. The highest BCUT2D eigenvalue weighted by atomic mass is 32.1. The molecule has 1 fully saturated rings. The summed E-state index contributed by atoms with van der Waals surface area (Å²) in [6.45, 7) is 7.27. The molecule has 0 aromatic carbocycles. The Labute approximate surface area is 113 Å². The predicted octanol–water partition coefficient (Wildman–Crippen LogP) is 2.43. The van der Waals surface area contributed by atoms with E-state index in [-0.39, 0.29) is 11.3 Å². The van der Waals surface area contributed by atoms with Gasteiger partial charge in [0.2, 0.25) is 0 Å². The van der Waals surface area contributed by atoms with Crippen LogP contribution >= 0.6 is 11.3 Å². The standard InChI is InChI=1S/C14H22N2OS/c1-3-11-4-9-18-12(11)13(17)16-10-14(2)5-7-15-8-6-14/h4,9,15H,3,5-8,10H2,1-2H3,(H,16,17). The minimum absolute atomic E-state index is 0.0987. The fourth-order valence-electron chi connectivity index (χ4n) is 2.39. The van der Waals surface area contributed by atoms with Crippen LogP contribution in [-0.2, 0) is 6.42 Å². The van der Waals surface area contributed by atoms with Crippen LogP contribution in [0.1, 0.15) is 41.9 Å². The second-order valence-corrected chi connectivity index (χ2v) is 6.29. The first-order valence-electron chi connectivity index (χ1n) is 6.70. The molecule has 2 heterocycles. The van der Waals surface area contributed by atoms with Crippen LogP contribution in [0.2, 0.25) is 0 Å². The van der Waals surface area contributed by atoms with E-state index in [1.165, 1.54) is 0 Å². The van der Waals surface area contributed by atoms with E-state index in [0.29, 0.717) is 0 Å². The zero-order chi connectivity index (χ0) is 13.0. The Morgan fingerprint density at radius 3 is 2.89 bits per heavy atom. The maximum absolute atomic E-state index is 12.2. The molecule has 2 rings (SSSR count). The summed E-state index contributed by atoms with van der Waals surface area (Å²) in [5, 5.41) is 8.48. The second kappa shape index (κ2) is 5.85. The molecule has 1 aromatic rings. The summed E-state index contributed by atoms with van der Waals surface area (Å²) in [6.07, 6.45) is 3.20. The Morgan fingerprint density at radius 1 is 1.50 bits per heavy atom. The Hall–Kier alpha value is -0.870. The van der Waals surface area contributed by atoms with Gasteiger partial charge >= 0.3 is 0 Å². The fourth-order valence-corrected chi connectivity index (χ4v) is 3.31. The molecule has 1 aliphatic heterocycles. The molecule has 0 bridgehead atoms. The molecule has 0 aliphatic carbocycles. The molecule has 18 heavy (non-hydrogen) atoms. The average Bonchev–Trinajstić information content (AvgIpc) is 2.85. The molecule has 0 spiro atoms. The van der Waals surface area contributed by atoms with E-state index < -0.39 is 0 Å². The average molecular weight is 266 g/mol. The molecule has 0 unspecified atom stereocenters. The molecular weight excluding hydrogens is 244 g/mol. The molecule has 3 nitrogen and oxygen atoms in total. The maximum atomic E-state index is 12.2. The number of nitrogens with one attached hydrogen (secondary N) is 2. The summed E-state index contributed by atoms with van der Waals surface area (Å²) in [5.41, 5.74) is 1.41. The van der Waals surface area contributed by atoms with Crippen molar-refractivity contribution in [1.29, 1.82) is 0 Å². The van der Waals surface area contributed by atoms with Gasteiger partial charge in [0.15, 0.2) is 0 Å². The lowest BCUT2D eigenvalue weighted by Crippen LogP contribution is -2.42. The van der Waals surface area contributed by atoms with Crippen molar-refractivity contribution in [3.63, 3.8) is 0 Å². The third-order valence-corrected chi connectivity index (χ3v) is 4.78. The number of hydrogen-bond donors (Lipinski definition) is 2. The number of amides is 1. The molecule has 1 amide bonds. The largest absolute Gasteiger partial charge is 0.351 e. The van der Waals surface area contributed by atoms with Crippen LogP contribution < -0.4 is 10.6 Å². The summed E-state index contributed by atoms with van der Waals surface area (Å²) in [7, 11) is 0. The summed E-state index contributed by atoms with van der Waals surface area (Å²) < 4.78 is 0. The third-order valence-electron chi connectivity index (χ3n) is 3.82. The van der Waals surface area contributed by atoms with Crippen molar-refractivity contribution in [3.8, 4) is 0 Å². The Kier molecular flexibility index (Phi) is 4.40. The zero-order valence-electron chi connectivity index (χ0n) is 11.2. The van der Waals surface area contributed by atoms with E-state index in [4.69, 9.17) is 0 Å². The van der Waals surface area contributed by atoms with Crippen LogP contribution in [0.15, 0.2) is 11.4 Å². The summed E-state index contributed by atoms with van der Waals surface area (Å²) in [4.78, 5) is 13.0. The number of hydrogen-bond acceptors (Lipinski definition) is 3. The van der Waals surface area contributed by atoms with Gasteiger partial charge in [-0.2, -0.15) is 0 Å². The van der Waals surface area contributed by atoms with E-state index in [1.807, 2.05) is 11.4 Å². The van der Waals surface area contributed by atoms with Gasteiger partial charge in [0, 0.05) is 6.54 Å². The van der Waals surface area contributed by atoms with Gasteiger partial charge in [0.05, 0.1) is 4.88 Å². The highest BCUT2D eigenvalue weighted by Gasteiger charge is 2.27. The van der Waals surface area contributed by atoms with Crippen molar-refractivity contribution in [2.75, 3.05) is 19.6 Å². The number of thiophene rings is 1. The van der Waals surface area contributed by atoms with E-state index in [0.717, 1.165) is 49.3 Å². The van der Waals surface area contributed by atoms with E-state index in [2.05, 4.69) is 24.5 Å². The molecule has 1 aromatic heterocycles. The predicted molar refractivity (Wildman–Crippen MR) is 76.2 cm³/mol. The first-order valence-corrected chi connectivity index (χ1v) is 7.58. The Morgan fingerprint density at radius 2 is 2.22 bits per heavy atom. The SMILES string of the molecule is CCc1ccsc1C(=O)NCC1(C)CCNCC1. The number of aryl methyl sites for hydroxylation is 1. The van der Waals surface area contributed by atoms with Gasteiger partial charge < -0.3 is 10.6 Å². The minimum atomic E-state index is 0.0987. The van der Waals surface area contributed by atoms with Crippen LogP contribution in [-0.4, -0.2) is 25.5 Å². The lowest BCUT2D eigenvalue weighted by Gasteiger charge is -2.34. The van der Waals surface area contributed by atoms with Crippen molar-refractivity contribution in [1.82, 2.24) is 10.6 Å². The van der Waals surface area contributed by atoms with Crippen LogP contribution in [0, 0.1) is 5.41 Å². The van der Waals surface area contributed by atoms with Gasteiger partial charge in [-0.15, -0.1) is 11.3 Å². The summed E-state index contributed by atoms with van der Waals surface area (Å²) in [5.74, 6) is 0.0987. The number of rotatable bonds is 4. The molecule has 2 N–H and O–H groups in total. The molecule has 4 heteroatoms. The molecule has 0 saturated carbocycles. The smallest absolute Gasteiger partial charge is 0.261 e. The first-order chi connectivity index (χ1) is 8.64. The fraction of sp³-hybridized carbons (Fsp3) is 0.643. The van der Waals surface area contributed by atoms with E-state index in [9.17, 15) is 4.79 Å². The Balaban J connectivity index is 1.92. The second-order valence-electron chi connectivity index (χ2n) is 5.37. The van der Waals surface area contributed by atoms with Crippen molar-refractivity contribution >= 4 is 17.2 Å².